The van der Waals surface area contributed by atoms with Crippen LogP contribution >= 0.6 is 0 Å². The summed E-state index contributed by atoms with van der Waals surface area (Å²) in [5, 5.41) is 5.66. The average Bonchev–Trinajstić information content (AvgIpc) is 2.99. The molecule has 1 fully saturated rings. The summed E-state index contributed by atoms with van der Waals surface area (Å²) in [7, 11) is 1.73. The molecule has 0 spiro atoms. The number of anilines is 1. The van der Waals surface area contributed by atoms with Gasteiger partial charge in [-0.1, -0.05) is 18.9 Å². The summed E-state index contributed by atoms with van der Waals surface area (Å²) >= 11 is 0. The molecule has 6 heteroatoms. The Hall–Kier alpha value is -1.95. The van der Waals surface area contributed by atoms with Gasteiger partial charge in [-0.15, -0.1) is 0 Å². The van der Waals surface area contributed by atoms with Gasteiger partial charge in [0.2, 0.25) is 11.8 Å². The number of hydrogen-bond acceptors (Lipinski definition) is 3. The SMILES string of the molecule is CC(C(=O)NC1CCCC1)N(C)CC(=O)Nc1cccc(F)c1. The molecule has 2 rings (SSSR count). The van der Waals surface area contributed by atoms with Crippen molar-refractivity contribution in [2.75, 3.05) is 18.9 Å². The van der Waals surface area contributed by atoms with E-state index in [9.17, 15) is 14.0 Å². The Morgan fingerprint density at radius 3 is 2.70 bits per heavy atom. The summed E-state index contributed by atoms with van der Waals surface area (Å²) in [6.07, 6.45) is 4.38. The van der Waals surface area contributed by atoms with Crippen LogP contribution in [-0.2, 0) is 9.59 Å². The largest absolute Gasteiger partial charge is 0.352 e. The quantitative estimate of drug-likeness (QED) is 0.844. The minimum Gasteiger partial charge on any atom is -0.352 e. The molecule has 0 aromatic heterocycles. The predicted molar refractivity (Wildman–Crippen MR) is 87.5 cm³/mol. The van der Waals surface area contributed by atoms with Gasteiger partial charge in [-0.05, 0) is 45.0 Å². The monoisotopic (exact) mass is 321 g/mol. The van der Waals surface area contributed by atoms with Gasteiger partial charge in [0.1, 0.15) is 5.82 Å². The number of nitrogens with one attached hydrogen (secondary N) is 2. The molecule has 1 saturated carbocycles. The fraction of sp³-hybridized carbons (Fsp3) is 0.529. The molecule has 0 heterocycles. The molecule has 2 amide bonds. The standard InChI is InChI=1S/C17H24FN3O2/c1-12(17(23)20-14-7-3-4-8-14)21(2)11-16(22)19-15-9-5-6-13(18)10-15/h5-6,9-10,12,14H,3-4,7-8,11H2,1-2H3,(H,19,22)(H,20,23). The van der Waals surface area contributed by atoms with Crippen LogP contribution in [0.5, 0.6) is 0 Å². The Labute approximate surface area is 136 Å². The van der Waals surface area contributed by atoms with E-state index in [0.717, 1.165) is 25.7 Å². The van der Waals surface area contributed by atoms with E-state index in [4.69, 9.17) is 0 Å². The normalized spacial score (nSPS) is 16.3. The number of amides is 2. The first-order chi connectivity index (χ1) is 11.0. The molecule has 0 aliphatic heterocycles. The van der Waals surface area contributed by atoms with Gasteiger partial charge in [0, 0.05) is 11.7 Å². The first-order valence-electron chi connectivity index (χ1n) is 8.01. The van der Waals surface area contributed by atoms with E-state index in [2.05, 4.69) is 10.6 Å². The first kappa shape index (κ1) is 17.4. The fourth-order valence-electron chi connectivity index (χ4n) is 2.72. The molecule has 23 heavy (non-hydrogen) atoms. The van der Waals surface area contributed by atoms with Crippen LogP contribution in [0.25, 0.3) is 0 Å². The molecular formula is C17H24FN3O2. The third kappa shape index (κ3) is 5.32. The first-order valence-corrected chi connectivity index (χ1v) is 8.01. The van der Waals surface area contributed by atoms with Crippen LogP contribution in [0.1, 0.15) is 32.6 Å². The lowest BCUT2D eigenvalue weighted by atomic mass is 10.2. The molecule has 126 valence electrons. The van der Waals surface area contributed by atoms with Crippen molar-refractivity contribution < 1.29 is 14.0 Å². The fourth-order valence-corrected chi connectivity index (χ4v) is 2.72. The van der Waals surface area contributed by atoms with Gasteiger partial charge < -0.3 is 10.6 Å². The lowest BCUT2D eigenvalue weighted by Gasteiger charge is -2.25. The zero-order valence-corrected chi connectivity index (χ0v) is 13.6. The molecular weight excluding hydrogens is 297 g/mol. The van der Waals surface area contributed by atoms with Gasteiger partial charge in [-0.3, -0.25) is 14.5 Å². The molecule has 1 aliphatic carbocycles. The van der Waals surface area contributed by atoms with E-state index in [-0.39, 0.29) is 24.4 Å². The molecule has 1 aromatic carbocycles. The summed E-state index contributed by atoms with van der Waals surface area (Å²) in [5.41, 5.74) is 0.409. The van der Waals surface area contributed by atoms with Crippen LogP contribution in [0.15, 0.2) is 24.3 Å². The number of likely N-dealkylation sites (N-methyl/N-ethyl adjacent to an activating group) is 1. The highest BCUT2D eigenvalue weighted by atomic mass is 19.1. The predicted octanol–water partition coefficient (Wildman–Crippen LogP) is 2.14. The van der Waals surface area contributed by atoms with E-state index in [1.807, 2.05) is 0 Å². The molecule has 0 saturated heterocycles. The number of rotatable bonds is 6. The average molecular weight is 321 g/mol. The lowest BCUT2D eigenvalue weighted by molar-refractivity contribution is -0.127. The molecule has 5 nitrogen and oxygen atoms in total. The number of nitrogens with zero attached hydrogens (tertiary/aromatic N) is 1. The Morgan fingerprint density at radius 2 is 2.04 bits per heavy atom. The third-order valence-corrected chi connectivity index (χ3v) is 4.24. The van der Waals surface area contributed by atoms with Crippen molar-refractivity contribution in [3.05, 3.63) is 30.1 Å². The minimum absolute atomic E-state index is 0.0574. The van der Waals surface area contributed by atoms with Gasteiger partial charge in [0.05, 0.1) is 12.6 Å². The summed E-state index contributed by atoms with van der Waals surface area (Å²) in [6.45, 7) is 1.84. The second kappa shape index (κ2) is 8.06. The summed E-state index contributed by atoms with van der Waals surface area (Å²) in [5.74, 6) is -0.739. The Morgan fingerprint density at radius 1 is 1.35 bits per heavy atom. The topological polar surface area (TPSA) is 61.4 Å². The van der Waals surface area contributed by atoms with Gasteiger partial charge in [0.15, 0.2) is 0 Å². The van der Waals surface area contributed by atoms with Crippen molar-refractivity contribution in [3.63, 3.8) is 0 Å². The van der Waals surface area contributed by atoms with Crippen molar-refractivity contribution in [2.24, 2.45) is 0 Å². The molecule has 1 aliphatic rings. The molecule has 1 aromatic rings. The van der Waals surface area contributed by atoms with E-state index in [1.165, 1.54) is 18.2 Å². The van der Waals surface area contributed by atoms with Crippen molar-refractivity contribution >= 4 is 17.5 Å². The van der Waals surface area contributed by atoms with Crippen LogP contribution in [0.4, 0.5) is 10.1 Å². The molecule has 0 radical (unpaired) electrons. The van der Waals surface area contributed by atoms with E-state index >= 15 is 0 Å². The van der Waals surface area contributed by atoms with E-state index < -0.39 is 11.9 Å². The smallest absolute Gasteiger partial charge is 0.238 e. The second-order valence-electron chi connectivity index (χ2n) is 6.14. The van der Waals surface area contributed by atoms with Crippen LogP contribution in [0.2, 0.25) is 0 Å². The highest BCUT2D eigenvalue weighted by Crippen LogP contribution is 2.17. The number of carbonyl (C=O) groups is 2. The van der Waals surface area contributed by atoms with Gasteiger partial charge in [-0.2, -0.15) is 0 Å². The number of hydrogen-bond donors (Lipinski definition) is 2. The highest BCUT2D eigenvalue weighted by Gasteiger charge is 2.24. The number of carbonyl (C=O) groups excluding carboxylic acids is 2. The molecule has 2 N–H and O–H groups in total. The van der Waals surface area contributed by atoms with Crippen molar-refractivity contribution in [3.8, 4) is 0 Å². The molecule has 0 bridgehead atoms. The zero-order chi connectivity index (χ0) is 16.8. The van der Waals surface area contributed by atoms with E-state index in [0.29, 0.717) is 5.69 Å². The Bertz CT molecular complexity index is 559. The minimum atomic E-state index is -0.402. The van der Waals surface area contributed by atoms with Gasteiger partial charge >= 0.3 is 0 Å². The summed E-state index contributed by atoms with van der Waals surface area (Å²) < 4.78 is 13.1. The molecule has 1 unspecified atom stereocenters. The second-order valence-corrected chi connectivity index (χ2v) is 6.14. The number of halogens is 1. The van der Waals surface area contributed by atoms with E-state index in [1.54, 1.807) is 24.9 Å². The van der Waals surface area contributed by atoms with Crippen molar-refractivity contribution in [1.82, 2.24) is 10.2 Å². The van der Waals surface area contributed by atoms with Crippen molar-refractivity contribution in [2.45, 2.75) is 44.7 Å². The van der Waals surface area contributed by atoms with Crippen LogP contribution < -0.4 is 10.6 Å². The Balaban J connectivity index is 1.80. The number of benzene rings is 1. The van der Waals surface area contributed by atoms with Gasteiger partial charge in [-0.25, -0.2) is 4.39 Å². The highest BCUT2D eigenvalue weighted by molar-refractivity contribution is 5.92. The third-order valence-electron chi connectivity index (χ3n) is 4.24. The maximum atomic E-state index is 13.1. The maximum Gasteiger partial charge on any atom is 0.238 e. The zero-order valence-electron chi connectivity index (χ0n) is 13.6. The lowest BCUT2D eigenvalue weighted by Crippen LogP contribution is -2.48. The summed E-state index contributed by atoms with van der Waals surface area (Å²) in [4.78, 5) is 25.9. The van der Waals surface area contributed by atoms with Crippen LogP contribution in [0, 0.1) is 5.82 Å². The van der Waals surface area contributed by atoms with Crippen LogP contribution in [0.3, 0.4) is 0 Å². The van der Waals surface area contributed by atoms with Gasteiger partial charge in [0.25, 0.3) is 0 Å². The van der Waals surface area contributed by atoms with Crippen molar-refractivity contribution in [1.29, 1.82) is 0 Å². The molecule has 1 atom stereocenters. The summed E-state index contributed by atoms with van der Waals surface area (Å²) in [6, 6.07) is 5.60. The maximum absolute atomic E-state index is 13.1. The van der Waals surface area contributed by atoms with Crippen LogP contribution in [-0.4, -0.2) is 42.4 Å². The Kier molecular flexibility index (Phi) is 6.10.